The fourth-order valence-corrected chi connectivity index (χ4v) is 2.62. The third-order valence-electron chi connectivity index (χ3n) is 3.83. The lowest BCUT2D eigenvalue weighted by Crippen LogP contribution is -2.43. The van der Waals surface area contributed by atoms with E-state index in [4.69, 9.17) is 4.52 Å². The molecule has 1 amide bonds. The fourth-order valence-electron chi connectivity index (χ4n) is 2.62. The molecule has 6 heteroatoms. The van der Waals surface area contributed by atoms with Gasteiger partial charge in [-0.25, -0.2) is 4.39 Å². The van der Waals surface area contributed by atoms with Crippen LogP contribution in [0.25, 0.3) is 0 Å². The van der Waals surface area contributed by atoms with Crippen LogP contribution in [0.2, 0.25) is 0 Å². The molecule has 0 saturated carbocycles. The highest BCUT2D eigenvalue weighted by Gasteiger charge is 2.21. The molecule has 2 N–H and O–H groups in total. The minimum atomic E-state index is -0.425. The van der Waals surface area contributed by atoms with Crippen molar-refractivity contribution in [3.63, 3.8) is 0 Å². The molecule has 1 aromatic carbocycles. The zero-order chi connectivity index (χ0) is 17.0. The summed E-state index contributed by atoms with van der Waals surface area (Å²) in [4.78, 5) is 12.2. The number of aryl methyl sites for hydroxylation is 2. The van der Waals surface area contributed by atoms with Gasteiger partial charge in [0.15, 0.2) is 0 Å². The lowest BCUT2D eigenvalue weighted by atomic mass is 10.1. The monoisotopic (exact) mass is 319 g/mol. The van der Waals surface area contributed by atoms with Crippen LogP contribution in [0.1, 0.15) is 42.5 Å². The van der Waals surface area contributed by atoms with E-state index in [0.717, 1.165) is 17.0 Å². The number of nitrogens with zero attached hydrogens (tertiary/aromatic N) is 1. The Hall–Kier alpha value is -2.21. The second kappa shape index (κ2) is 7.37. The maximum absolute atomic E-state index is 13.5. The largest absolute Gasteiger partial charge is 0.361 e. The third kappa shape index (κ3) is 4.16. The zero-order valence-electron chi connectivity index (χ0n) is 13.8. The summed E-state index contributed by atoms with van der Waals surface area (Å²) >= 11 is 0. The van der Waals surface area contributed by atoms with Crippen molar-refractivity contribution >= 4 is 5.91 Å². The van der Waals surface area contributed by atoms with Gasteiger partial charge in [-0.05, 0) is 33.8 Å². The first-order valence-electron chi connectivity index (χ1n) is 7.60. The molecule has 0 bridgehead atoms. The van der Waals surface area contributed by atoms with Crippen LogP contribution in [-0.4, -0.2) is 17.1 Å². The number of hydrogen-bond donors (Lipinski definition) is 2. The summed E-state index contributed by atoms with van der Waals surface area (Å²) in [5.74, 6) is 0.228. The normalized spacial score (nSPS) is 13.6. The van der Waals surface area contributed by atoms with E-state index >= 15 is 0 Å². The number of amides is 1. The molecular formula is C17H22FN3O2. The van der Waals surface area contributed by atoms with Gasteiger partial charge in [0.1, 0.15) is 11.6 Å². The fraction of sp³-hybridized carbons (Fsp3) is 0.412. The van der Waals surface area contributed by atoms with E-state index in [1.807, 2.05) is 20.8 Å². The first-order valence-corrected chi connectivity index (χ1v) is 7.60. The molecule has 0 fully saturated rings. The average molecular weight is 319 g/mol. The summed E-state index contributed by atoms with van der Waals surface area (Å²) in [5, 5.41) is 9.87. The molecule has 2 unspecified atom stereocenters. The molecule has 5 nitrogen and oxygen atoms in total. The Balaban J connectivity index is 1.91. The number of carbonyl (C=O) groups is 1. The number of hydrogen-bond acceptors (Lipinski definition) is 4. The molecule has 0 radical (unpaired) electrons. The maximum atomic E-state index is 13.5. The Morgan fingerprint density at radius 1 is 1.30 bits per heavy atom. The summed E-state index contributed by atoms with van der Waals surface area (Å²) < 4.78 is 18.7. The lowest BCUT2D eigenvalue weighted by molar-refractivity contribution is -0.123. The van der Waals surface area contributed by atoms with Crippen molar-refractivity contribution < 1.29 is 13.7 Å². The molecule has 0 aliphatic carbocycles. The Morgan fingerprint density at radius 3 is 2.61 bits per heavy atom. The number of nitrogens with one attached hydrogen (secondary N) is 2. The highest BCUT2D eigenvalue weighted by atomic mass is 19.1. The van der Waals surface area contributed by atoms with Crippen molar-refractivity contribution in [2.45, 2.75) is 46.3 Å². The number of rotatable bonds is 6. The highest BCUT2D eigenvalue weighted by Crippen LogP contribution is 2.21. The zero-order valence-corrected chi connectivity index (χ0v) is 13.8. The Labute approximate surface area is 135 Å². The van der Waals surface area contributed by atoms with E-state index in [-0.39, 0.29) is 24.3 Å². The summed E-state index contributed by atoms with van der Waals surface area (Å²) in [5.41, 5.74) is 2.23. The molecule has 0 spiro atoms. The topological polar surface area (TPSA) is 67.2 Å². The Morgan fingerprint density at radius 2 is 2.00 bits per heavy atom. The Kier molecular flexibility index (Phi) is 5.50. The van der Waals surface area contributed by atoms with Gasteiger partial charge in [-0.1, -0.05) is 23.4 Å². The standard InChI is InChI=1S/C17H22FN3O2/c1-10(16-11(2)21-23-13(16)4)20-12(3)17(22)19-9-14-7-5-6-8-15(14)18/h5-8,10,12,20H,9H2,1-4H3,(H,19,22). The second-order valence-corrected chi connectivity index (χ2v) is 5.66. The van der Waals surface area contributed by atoms with Crippen LogP contribution in [-0.2, 0) is 11.3 Å². The van der Waals surface area contributed by atoms with Crippen LogP contribution in [0.3, 0.4) is 0 Å². The van der Waals surface area contributed by atoms with Gasteiger partial charge in [0, 0.05) is 23.7 Å². The minimum absolute atomic E-state index is 0.0736. The van der Waals surface area contributed by atoms with E-state index in [0.29, 0.717) is 5.56 Å². The summed E-state index contributed by atoms with van der Waals surface area (Å²) in [7, 11) is 0. The number of aromatic nitrogens is 1. The number of halogens is 1. The molecule has 2 aromatic rings. The predicted octanol–water partition coefficient (Wildman–Crippen LogP) is 2.79. The second-order valence-electron chi connectivity index (χ2n) is 5.66. The van der Waals surface area contributed by atoms with E-state index in [1.54, 1.807) is 25.1 Å². The van der Waals surface area contributed by atoms with Crippen LogP contribution in [0.4, 0.5) is 4.39 Å². The van der Waals surface area contributed by atoms with Gasteiger partial charge < -0.3 is 9.84 Å². The molecule has 2 atom stereocenters. The van der Waals surface area contributed by atoms with Gasteiger partial charge >= 0.3 is 0 Å². The first kappa shape index (κ1) is 17.1. The lowest BCUT2D eigenvalue weighted by Gasteiger charge is -2.19. The average Bonchev–Trinajstić information content (AvgIpc) is 2.85. The minimum Gasteiger partial charge on any atom is -0.361 e. The van der Waals surface area contributed by atoms with E-state index in [2.05, 4.69) is 15.8 Å². The van der Waals surface area contributed by atoms with E-state index < -0.39 is 6.04 Å². The third-order valence-corrected chi connectivity index (χ3v) is 3.83. The van der Waals surface area contributed by atoms with Crippen molar-refractivity contribution in [2.75, 3.05) is 0 Å². The summed E-state index contributed by atoms with van der Waals surface area (Å²) in [6.45, 7) is 7.60. The molecule has 124 valence electrons. The van der Waals surface area contributed by atoms with E-state index in [1.165, 1.54) is 6.07 Å². The van der Waals surface area contributed by atoms with Gasteiger partial charge in [-0.15, -0.1) is 0 Å². The van der Waals surface area contributed by atoms with Crippen LogP contribution in [0, 0.1) is 19.7 Å². The van der Waals surface area contributed by atoms with Crippen molar-refractivity contribution in [3.8, 4) is 0 Å². The van der Waals surface area contributed by atoms with Gasteiger partial charge in [0.05, 0.1) is 11.7 Å². The Bertz CT molecular complexity index is 665. The molecule has 1 heterocycles. The van der Waals surface area contributed by atoms with Crippen LogP contribution < -0.4 is 10.6 Å². The first-order chi connectivity index (χ1) is 10.9. The predicted molar refractivity (Wildman–Crippen MR) is 85.2 cm³/mol. The number of carbonyl (C=O) groups excluding carboxylic acids is 1. The highest BCUT2D eigenvalue weighted by molar-refractivity contribution is 5.81. The van der Waals surface area contributed by atoms with Crippen molar-refractivity contribution in [3.05, 3.63) is 52.7 Å². The van der Waals surface area contributed by atoms with E-state index in [9.17, 15) is 9.18 Å². The van der Waals surface area contributed by atoms with Gasteiger partial charge in [0.2, 0.25) is 5.91 Å². The molecule has 0 aliphatic heterocycles. The molecule has 0 saturated heterocycles. The van der Waals surface area contributed by atoms with Gasteiger partial charge in [-0.2, -0.15) is 0 Å². The summed E-state index contributed by atoms with van der Waals surface area (Å²) in [6, 6.07) is 5.89. The maximum Gasteiger partial charge on any atom is 0.237 e. The summed E-state index contributed by atoms with van der Waals surface area (Å²) in [6.07, 6.45) is 0. The smallest absolute Gasteiger partial charge is 0.237 e. The molecule has 0 aliphatic rings. The number of benzene rings is 1. The molecule has 2 rings (SSSR count). The molecule has 1 aromatic heterocycles. The molecular weight excluding hydrogens is 297 g/mol. The van der Waals surface area contributed by atoms with Gasteiger partial charge in [0.25, 0.3) is 0 Å². The SMILES string of the molecule is Cc1noc(C)c1C(C)NC(C)C(=O)NCc1ccccc1F. The van der Waals surface area contributed by atoms with Crippen molar-refractivity contribution in [1.82, 2.24) is 15.8 Å². The van der Waals surface area contributed by atoms with Crippen LogP contribution >= 0.6 is 0 Å². The van der Waals surface area contributed by atoms with Crippen LogP contribution in [0.5, 0.6) is 0 Å². The quantitative estimate of drug-likeness (QED) is 0.859. The van der Waals surface area contributed by atoms with Crippen molar-refractivity contribution in [2.24, 2.45) is 0 Å². The van der Waals surface area contributed by atoms with Crippen molar-refractivity contribution in [1.29, 1.82) is 0 Å². The van der Waals surface area contributed by atoms with Crippen LogP contribution in [0.15, 0.2) is 28.8 Å². The van der Waals surface area contributed by atoms with Gasteiger partial charge in [-0.3, -0.25) is 10.1 Å². The molecule has 23 heavy (non-hydrogen) atoms.